The SMILES string of the molecule is O=C(OCc1ccccc1)N1CCN(C2CC3(CNC3)C2)CC1. The van der Waals surface area contributed by atoms with E-state index in [2.05, 4.69) is 10.2 Å². The zero-order valence-corrected chi connectivity index (χ0v) is 13.5. The molecule has 1 amide bonds. The first-order chi connectivity index (χ1) is 11.2. The van der Waals surface area contributed by atoms with Gasteiger partial charge in [0.1, 0.15) is 6.61 Å². The Morgan fingerprint density at radius 3 is 2.43 bits per heavy atom. The Morgan fingerprint density at radius 2 is 1.83 bits per heavy atom. The Morgan fingerprint density at radius 1 is 1.13 bits per heavy atom. The van der Waals surface area contributed by atoms with Gasteiger partial charge in [0.25, 0.3) is 0 Å². The summed E-state index contributed by atoms with van der Waals surface area (Å²) in [5.74, 6) is 0. The maximum absolute atomic E-state index is 12.2. The second-order valence-corrected chi connectivity index (χ2v) is 7.23. The fourth-order valence-electron chi connectivity index (χ4n) is 4.05. The zero-order valence-electron chi connectivity index (χ0n) is 13.5. The lowest BCUT2D eigenvalue weighted by atomic mass is 9.61. The van der Waals surface area contributed by atoms with Gasteiger partial charge < -0.3 is 15.0 Å². The van der Waals surface area contributed by atoms with E-state index in [0.717, 1.165) is 37.8 Å². The van der Waals surface area contributed by atoms with Crippen molar-refractivity contribution < 1.29 is 9.53 Å². The molecule has 2 heterocycles. The molecule has 2 saturated heterocycles. The van der Waals surface area contributed by atoms with Crippen LogP contribution >= 0.6 is 0 Å². The van der Waals surface area contributed by atoms with Crippen molar-refractivity contribution in [1.29, 1.82) is 0 Å². The van der Waals surface area contributed by atoms with Crippen LogP contribution < -0.4 is 5.32 Å². The summed E-state index contributed by atoms with van der Waals surface area (Å²) >= 11 is 0. The fraction of sp³-hybridized carbons (Fsp3) is 0.611. The highest BCUT2D eigenvalue weighted by molar-refractivity contribution is 5.67. The molecule has 1 aromatic carbocycles. The van der Waals surface area contributed by atoms with Crippen LogP contribution in [0.3, 0.4) is 0 Å². The van der Waals surface area contributed by atoms with Gasteiger partial charge in [0.15, 0.2) is 0 Å². The van der Waals surface area contributed by atoms with Crippen molar-refractivity contribution in [2.24, 2.45) is 5.41 Å². The van der Waals surface area contributed by atoms with Gasteiger partial charge in [0.2, 0.25) is 0 Å². The molecule has 0 atom stereocenters. The molecular weight excluding hydrogens is 290 g/mol. The van der Waals surface area contributed by atoms with Crippen LogP contribution in [0.4, 0.5) is 4.79 Å². The van der Waals surface area contributed by atoms with E-state index in [1.807, 2.05) is 35.2 Å². The molecule has 0 unspecified atom stereocenters. The van der Waals surface area contributed by atoms with Gasteiger partial charge in [-0.1, -0.05) is 30.3 Å². The maximum Gasteiger partial charge on any atom is 0.410 e. The van der Waals surface area contributed by atoms with Gasteiger partial charge in [-0.2, -0.15) is 0 Å². The molecule has 0 radical (unpaired) electrons. The molecule has 124 valence electrons. The summed E-state index contributed by atoms with van der Waals surface area (Å²) in [4.78, 5) is 16.6. The van der Waals surface area contributed by atoms with E-state index in [1.165, 1.54) is 25.9 Å². The van der Waals surface area contributed by atoms with Gasteiger partial charge in [-0.3, -0.25) is 4.90 Å². The van der Waals surface area contributed by atoms with Crippen molar-refractivity contribution in [3.8, 4) is 0 Å². The van der Waals surface area contributed by atoms with Crippen LogP contribution in [-0.2, 0) is 11.3 Å². The molecule has 0 bridgehead atoms. The van der Waals surface area contributed by atoms with Crippen molar-refractivity contribution in [3.63, 3.8) is 0 Å². The summed E-state index contributed by atoms with van der Waals surface area (Å²) in [5.41, 5.74) is 1.66. The normalized spacial score (nSPS) is 24.1. The van der Waals surface area contributed by atoms with E-state index in [1.54, 1.807) is 0 Å². The number of piperazine rings is 1. The number of nitrogens with one attached hydrogen (secondary N) is 1. The van der Waals surface area contributed by atoms with E-state index in [4.69, 9.17) is 4.74 Å². The lowest BCUT2D eigenvalue weighted by molar-refractivity contribution is -0.0497. The van der Waals surface area contributed by atoms with Gasteiger partial charge in [-0.05, 0) is 23.8 Å². The van der Waals surface area contributed by atoms with E-state index in [9.17, 15) is 4.79 Å². The molecule has 1 saturated carbocycles. The van der Waals surface area contributed by atoms with E-state index in [-0.39, 0.29) is 6.09 Å². The quantitative estimate of drug-likeness (QED) is 0.922. The minimum absolute atomic E-state index is 0.179. The van der Waals surface area contributed by atoms with Gasteiger partial charge in [-0.15, -0.1) is 0 Å². The van der Waals surface area contributed by atoms with E-state index >= 15 is 0 Å². The molecule has 4 rings (SSSR count). The maximum atomic E-state index is 12.2. The number of hydrogen-bond donors (Lipinski definition) is 1. The van der Waals surface area contributed by atoms with Crippen LogP contribution in [0.5, 0.6) is 0 Å². The van der Waals surface area contributed by atoms with Gasteiger partial charge in [-0.25, -0.2) is 4.79 Å². The number of amides is 1. The predicted octanol–water partition coefficient (Wildman–Crippen LogP) is 1.69. The Labute approximate surface area is 137 Å². The first kappa shape index (κ1) is 15.0. The zero-order chi connectivity index (χ0) is 15.7. The molecule has 1 spiro atoms. The largest absolute Gasteiger partial charge is 0.445 e. The first-order valence-corrected chi connectivity index (χ1v) is 8.65. The molecule has 1 aliphatic carbocycles. The highest BCUT2D eigenvalue weighted by Gasteiger charge is 2.50. The Kier molecular flexibility index (Phi) is 3.99. The molecule has 0 aromatic heterocycles. The summed E-state index contributed by atoms with van der Waals surface area (Å²) in [6, 6.07) is 10.6. The highest BCUT2D eigenvalue weighted by Crippen LogP contribution is 2.46. The van der Waals surface area contributed by atoms with Crippen LogP contribution in [0.25, 0.3) is 0 Å². The fourth-order valence-corrected chi connectivity index (χ4v) is 4.05. The number of rotatable bonds is 3. The van der Waals surface area contributed by atoms with Gasteiger partial charge >= 0.3 is 6.09 Å². The number of hydrogen-bond acceptors (Lipinski definition) is 4. The highest BCUT2D eigenvalue weighted by atomic mass is 16.6. The number of ether oxygens (including phenoxy) is 1. The third-order valence-electron chi connectivity index (χ3n) is 5.63. The summed E-state index contributed by atoms with van der Waals surface area (Å²) in [7, 11) is 0. The van der Waals surface area contributed by atoms with Crippen molar-refractivity contribution in [1.82, 2.24) is 15.1 Å². The Hall–Kier alpha value is -1.59. The lowest BCUT2D eigenvalue weighted by Crippen LogP contribution is -2.66. The average molecular weight is 315 g/mol. The Bertz CT molecular complexity index is 543. The summed E-state index contributed by atoms with van der Waals surface area (Å²) in [6.07, 6.45) is 2.48. The molecule has 1 N–H and O–H groups in total. The summed E-state index contributed by atoms with van der Waals surface area (Å²) in [5, 5.41) is 3.39. The lowest BCUT2D eigenvalue weighted by Gasteiger charge is -2.58. The second-order valence-electron chi connectivity index (χ2n) is 7.23. The molecule has 5 heteroatoms. The van der Waals surface area contributed by atoms with E-state index in [0.29, 0.717) is 12.0 Å². The van der Waals surface area contributed by atoms with Crippen LogP contribution in [0.2, 0.25) is 0 Å². The van der Waals surface area contributed by atoms with Crippen LogP contribution in [0, 0.1) is 5.41 Å². The first-order valence-electron chi connectivity index (χ1n) is 8.65. The minimum atomic E-state index is -0.179. The summed E-state index contributed by atoms with van der Waals surface area (Å²) in [6.45, 7) is 6.30. The molecule has 23 heavy (non-hydrogen) atoms. The molecule has 3 aliphatic rings. The van der Waals surface area contributed by atoms with Crippen LogP contribution in [0.15, 0.2) is 30.3 Å². The summed E-state index contributed by atoms with van der Waals surface area (Å²) < 4.78 is 5.42. The topological polar surface area (TPSA) is 44.8 Å². The predicted molar refractivity (Wildman–Crippen MR) is 88.1 cm³/mol. The number of benzene rings is 1. The van der Waals surface area contributed by atoms with Crippen molar-refractivity contribution in [2.75, 3.05) is 39.3 Å². The third kappa shape index (κ3) is 3.08. The van der Waals surface area contributed by atoms with Crippen LogP contribution in [0.1, 0.15) is 18.4 Å². The molecular formula is C18H25N3O2. The third-order valence-corrected chi connectivity index (χ3v) is 5.63. The second kappa shape index (κ2) is 6.13. The number of carbonyl (C=O) groups is 1. The smallest absolute Gasteiger partial charge is 0.410 e. The number of carbonyl (C=O) groups excluding carboxylic acids is 1. The average Bonchev–Trinajstić information content (AvgIpc) is 2.52. The van der Waals surface area contributed by atoms with Crippen molar-refractivity contribution >= 4 is 6.09 Å². The monoisotopic (exact) mass is 315 g/mol. The molecule has 2 aliphatic heterocycles. The minimum Gasteiger partial charge on any atom is -0.445 e. The van der Waals surface area contributed by atoms with Gasteiger partial charge in [0.05, 0.1) is 0 Å². The van der Waals surface area contributed by atoms with Crippen LogP contribution in [-0.4, -0.2) is 61.2 Å². The van der Waals surface area contributed by atoms with Crippen molar-refractivity contribution in [2.45, 2.75) is 25.5 Å². The standard InChI is InChI=1S/C18H25N3O2/c22-17(23-12-15-4-2-1-3-5-15)21-8-6-20(7-9-21)16-10-18(11-16)13-19-14-18/h1-5,16,19H,6-14H2. The number of nitrogens with zero attached hydrogens (tertiary/aromatic N) is 2. The van der Waals surface area contributed by atoms with Crippen molar-refractivity contribution in [3.05, 3.63) is 35.9 Å². The van der Waals surface area contributed by atoms with E-state index < -0.39 is 0 Å². The Balaban J connectivity index is 1.19. The molecule has 5 nitrogen and oxygen atoms in total. The molecule has 3 fully saturated rings. The van der Waals surface area contributed by atoms with Gasteiger partial charge in [0, 0.05) is 45.3 Å². The molecule has 1 aromatic rings.